The summed E-state index contributed by atoms with van der Waals surface area (Å²) in [6, 6.07) is 0. The Morgan fingerprint density at radius 2 is 1.48 bits per heavy atom. The minimum Gasteiger partial charge on any atom is -0.103 e. The molecular formula is C42H72P2. The minimum atomic E-state index is 0.0591. The van der Waals surface area contributed by atoms with E-state index in [4.69, 9.17) is 0 Å². The molecule has 44 heavy (non-hydrogen) atoms. The zero-order valence-electron chi connectivity index (χ0n) is 29.8. The highest BCUT2D eigenvalue weighted by molar-refractivity contribution is 7.60. The van der Waals surface area contributed by atoms with Gasteiger partial charge in [-0.2, -0.15) is 0 Å². The third-order valence-corrected chi connectivity index (χ3v) is 23.6. The van der Waals surface area contributed by atoms with Crippen molar-refractivity contribution in [2.45, 2.75) is 210 Å². The van der Waals surface area contributed by atoms with Crippen LogP contribution in [0.2, 0.25) is 0 Å². The molecule has 0 nitrogen and oxygen atoms in total. The van der Waals surface area contributed by atoms with Gasteiger partial charge in [0.1, 0.15) is 0 Å². The van der Waals surface area contributed by atoms with Crippen molar-refractivity contribution >= 4 is 15.8 Å². The third-order valence-electron chi connectivity index (χ3n) is 16.2. The van der Waals surface area contributed by atoms with E-state index in [1.807, 2.05) is 5.57 Å². The molecule has 0 aromatic carbocycles. The zero-order valence-corrected chi connectivity index (χ0v) is 31.6. The third kappa shape index (κ3) is 6.03. The Bertz CT molecular complexity index is 956. The van der Waals surface area contributed by atoms with Crippen LogP contribution in [0.25, 0.3) is 0 Å². The van der Waals surface area contributed by atoms with E-state index in [-0.39, 0.29) is 15.8 Å². The van der Waals surface area contributed by atoms with Crippen molar-refractivity contribution < 1.29 is 0 Å². The number of allylic oxidation sites excluding steroid dienone is 2. The second-order valence-corrected chi connectivity index (χ2v) is 24.1. The number of fused-ring (bicyclic) bond motifs is 8. The smallest absolute Gasteiger partial charge is 0.0147 e. The van der Waals surface area contributed by atoms with Crippen molar-refractivity contribution in [2.24, 2.45) is 34.5 Å². The minimum absolute atomic E-state index is 0.0591. The Labute approximate surface area is 277 Å². The molecule has 7 rings (SSSR count). The monoisotopic (exact) mass is 639 g/mol. The summed E-state index contributed by atoms with van der Waals surface area (Å²) in [6.07, 6.45) is 41.8. The standard InChI is InChI=1S/C42H72P2/c1-5-26-42-36-17-12-16-35(24-25-36)41-27-14-15-33(29-41)34(30-41)28-31(2)43(4)40(42)23-13-22-39(42)32(3)44(37-18-8-6-9-19-37)38-20-10-7-11-21-38/h15,31-32,34-40H,5-14,16-30H2,1-4H3. The highest BCUT2D eigenvalue weighted by Gasteiger charge is 2.58. The Kier molecular flexibility index (Phi) is 10.7. The van der Waals surface area contributed by atoms with Crippen molar-refractivity contribution in [3.05, 3.63) is 11.6 Å². The van der Waals surface area contributed by atoms with Crippen molar-refractivity contribution in [2.75, 3.05) is 6.66 Å². The molecule has 1 saturated heterocycles. The maximum Gasteiger partial charge on any atom is -0.0147 e. The first kappa shape index (κ1) is 33.1. The summed E-state index contributed by atoms with van der Waals surface area (Å²) in [5.74, 6) is 4.05. The molecule has 7 aliphatic rings. The van der Waals surface area contributed by atoms with Gasteiger partial charge in [-0.3, -0.25) is 0 Å². The van der Waals surface area contributed by atoms with Crippen molar-refractivity contribution in [3.63, 3.8) is 0 Å². The quantitative estimate of drug-likeness (QED) is 0.201. The van der Waals surface area contributed by atoms with E-state index in [1.54, 1.807) is 122 Å². The van der Waals surface area contributed by atoms with Gasteiger partial charge < -0.3 is 0 Å². The Morgan fingerprint density at radius 3 is 2.18 bits per heavy atom. The molecule has 0 N–H and O–H groups in total. The van der Waals surface area contributed by atoms with Crippen LogP contribution in [-0.2, 0) is 0 Å². The van der Waals surface area contributed by atoms with Crippen molar-refractivity contribution in [3.8, 4) is 0 Å². The molecule has 6 aliphatic carbocycles. The van der Waals surface area contributed by atoms with Gasteiger partial charge in [-0.15, -0.1) is 7.92 Å². The van der Waals surface area contributed by atoms with Crippen LogP contribution in [0.1, 0.15) is 181 Å². The molecular weight excluding hydrogens is 566 g/mol. The molecule has 250 valence electrons. The Balaban J connectivity index is 1.29. The van der Waals surface area contributed by atoms with Gasteiger partial charge in [-0.1, -0.05) is 98.1 Å². The van der Waals surface area contributed by atoms with Gasteiger partial charge in [-0.25, -0.2) is 0 Å². The predicted octanol–water partition coefficient (Wildman–Crippen LogP) is 13.7. The molecule has 1 heterocycles. The largest absolute Gasteiger partial charge is 0.103 e. The maximum absolute atomic E-state index is 2.94. The van der Waals surface area contributed by atoms with Crippen molar-refractivity contribution in [1.29, 1.82) is 0 Å². The van der Waals surface area contributed by atoms with Crippen LogP contribution in [0.4, 0.5) is 0 Å². The van der Waals surface area contributed by atoms with Gasteiger partial charge in [0.2, 0.25) is 0 Å². The summed E-state index contributed by atoms with van der Waals surface area (Å²) in [6.45, 7) is 11.2. The molecule has 1 aliphatic heterocycles. The maximum atomic E-state index is 2.94. The summed E-state index contributed by atoms with van der Waals surface area (Å²) in [5.41, 5.74) is 8.57. The highest BCUT2D eigenvalue weighted by atomic mass is 31.1. The van der Waals surface area contributed by atoms with Gasteiger partial charge in [0.05, 0.1) is 0 Å². The van der Waals surface area contributed by atoms with Gasteiger partial charge in [0, 0.05) is 0 Å². The molecule has 0 radical (unpaired) electrons. The summed E-state index contributed by atoms with van der Waals surface area (Å²) < 4.78 is 0. The summed E-state index contributed by atoms with van der Waals surface area (Å²) in [5, 5.41) is 0. The Hall–Kier alpha value is 0.600. The SMILES string of the molecule is CCCC12C3CCCC(CC3)C34CCC=C(C3)C(CC(C)P(C)C1CCCC2C(C)P(C1CCCCC1)C1CCCCC1)C4. The van der Waals surface area contributed by atoms with Crippen LogP contribution in [0, 0.1) is 34.5 Å². The average molecular weight is 639 g/mol. The number of rotatable bonds is 6. The lowest BCUT2D eigenvalue weighted by Gasteiger charge is -2.61. The molecule has 0 aromatic heterocycles. The van der Waals surface area contributed by atoms with E-state index in [0.29, 0.717) is 10.8 Å². The van der Waals surface area contributed by atoms with Gasteiger partial charge >= 0.3 is 0 Å². The molecule has 10 unspecified atom stereocenters. The zero-order chi connectivity index (χ0) is 30.3. The first-order chi connectivity index (χ1) is 21.5. The first-order valence-electron chi connectivity index (χ1n) is 20.6. The average Bonchev–Trinajstić information content (AvgIpc) is 3.19. The van der Waals surface area contributed by atoms with E-state index >= 15 is 0 Å². The van der Waals surface area contributed by atoms with E-state index < -0.39 is 0 Å². The van der Waals surface area contributed by atoms with Gasteiger partial charge in [0.15, 0.2) is 0 Å². The van der Waals surface area contributed by atoms with Crippen LogP contribution in [0.3, 0.4) is 0 Å². The number of hydrogen-bond acceptors (Lipinski definition) is 0. The van der Waals surface area contributed by atoms with E-state index in [0.717, 1.165) is 52.0 Å². The molecule has 5 saturated carbocycles. The lowest BCUT2D eigenvalue weighted by molar-refractivity contribution is 0.00795. The second-order valence-electron chi connectivity index (χ2n) is 18.1. The highest BCUT2D eigenvalue weighted by Crippen LogP contribution is 2.72. The van der Waals surface area contributed by atoms with E-state index in [9.17, 15) is 0 Å². The van der Waals surface area contributed by atoms with Crippen LogP contribution in [0.5, 0.6) is 0 Å². The molecule has 10 atom stereocenters. The molecule has 0 aromatic rings. The summed E-state index contributed by atoms with van der Waals surface area (Å²) >= 11 is 0. The fourth-order valence-corrected chi connectivity index (χ4v) is 22.2. The molecule has 5 bridgehead atoms. The molecule has 1 spiro atoms. The predicted molar refractivity (Wildman–Crippen MR) is 198 cm³/mol. The van der Waals surface area contributed by atoms with Crippen LogP contribution < -0.4 is 0 Å². The number of hydrogen-bond donors (Lipinski definition) is 0. The second kappa shape index (κ2) is 14.2. The molecule has 0 amide bonds. The molecule has 6 fully saturated rings. The van der Waals surface area contributed by atoms with E-state index in [1.165, 1.54) is 38.5 Å². The summed E-state index contributed by atoms with van der Waals surface area (Å²) in [4.78, 5) is 0. The fourth-order valence-electron chi connectivity index (χ4n) is 14.4. The topological polar surface area (TPSA) is 0 Å². The van der Waals surface area contributed by atoms with Crippen LogP contribution >= 0.6 is 15.8 Å². The van der Waals surface area contributed by atoms with Crippen LogP contribution in [-0.4, -0.2) is 35.0 Å². The van der Waals surface area contributed by atoms with E-state index in [2.05, 4.69) is 33.5 Å². The normalized spacial score (nSPS) is 44.8. The Morgan fingerprint density at radius 1 is 0.818 bits per heavy atom. The van der Waals surface area contributed by atoms with Gasteiger partial charge in [-0.05, 0) is 172 Å². The van der Waals surface area contributed by atoms with Crippen molar-refractivity contribution in [1.82, 2.24) is 0 Å². The fraction of sp³-hybridized carbons (Fsp3) is 0.952. The lowest BCUT2D eigenvalue weighted by Crippen LogP contribution is -2.53. The van der Waals surface area contributed by atoms with Crippen LogP contribution in [0.15, 0.2) is 11.6 Å². The first-order valence-corrected chi connectivity index (χ1v) is 24.1. The van der Waals surface area contributed by atoms with Gasteiger partial charge in [0.25, 0.3) is 0 Å². The summed E-state index contributed by atoms with van der Waals surface area (Å²) in [7, 11) is 0.210. The molecule has 2 heteroatoms. The lowest BCUT2D eigenvalue weighted by atomic mass is 9.54.